The molecule has 0 spiro atoms. The first-order chi connectivity index (χ1) is 8.97. The normalized spacial score (nSPS) is 10.2. The van der Waals surface area contributed by atoms with Gasteiger partial charge in [0.1, 0.15) is 0 Å². The molecule has 2 aromatic rings. The summed E-state index contributed by atoms with van der Waals surface area (Å²) in [6, 6.07) is 6.39. The van der Waals surface area contributed by atoms with Gasteiger partial charge in [-0.05, 0) is 38.1 Å². The molecule has 0 aliphatic rings. The van der Waals surface area contributed by atoms with Gasteiger partial charge in [0, 0.05) is 16.1 Å². The van der Waals surface area contributed by atoms with Crippen molar-refractivity contribution in [2.24, 2.45) is 5.73 Å². The first-order valence-corrected chi connectivity index (χ1v) is 6.44. The van der Waals surface area contributed by atoms with E-state index in [-0.39, 0.29) is 5.91 Å². The Hall–Kier alpha value is -2.21. The molecule has 0 atom stereocenters. The summed E-state index contributed by atoms with van der Waals surface area (Å²) < 4.78 is 0. The molecule has 19 heavy (non-hydrogen) atoms. The van der Waals surface area contributed by atoms with Gasteiger partial charge in [-0.1, -0.05) is 0 Å². The summed E-state index contributed by atoms with van der Waals surface area (Å²) in [7, 11) is 0. The highest BCUT2D eigenvalue weighted by Gasteiger charge is 2.12. The maximum Gasteiger partial charge on any atom is 0.284 e. The summed E-state index contributed by atoms with van der Waals surface area (Å²) in [5.74, 6) is -0.753. The topological polar surface area (TPSA) is 85.1 Å². The van der Waals surface area contributed by atoms with Crippen molar-refractivity contribution in [3.63, 3.8) is 0 Å². The van der Waals surface area contributed by atoms with E-state index in [0.717, 1.165) is 10.6 Å². The molecule has 0 aliphatic carbocycles. The van der Waals surface area contributed by atoms with Gasteiger partial charge in [0.15, 0.2) is 5.01 Å². The number of nitrogens with two attached hydrogens (primary N) is 1. The fourth-order valence-corrected chi connectivity index (χ4v) is 2.28. The highest BCUT2D eigenvalue weighted by Crippen LogP contribution is 2.18. The van der Waals surface area contributed by atoms with E-state index in [4.69, 9.17) is 5.73 Å². The molecule has 0 aliphatic heterocycles. The fraction of sp³-hybridized carbons (Fsp3) is 0.154. The summed E-state index contributed by atoms with van der Waals surface area (Å²) in [5.41, 5.74) is 7.00. The number of primary amides is 1. The fourth-order valence-electron chi connectivity index (χ4n) is 1.47. The van der Waals surface area contributed by atoms with E-state index in [0.29, 0.717) is 16.3 Å². The molecule has 2 amide bonds. The molecule has 0 unspecified atom stereocenters. The summed E-state index contributed by atoms with van der Waals surface area (Å²) in [6.07, 6.45) is 0. The van der Waals surface area contributed by atoms with Gasteiger partial charge >= 0.3 is 0 Å². The predicted molar refractivity (Wildman–Crippen MR) is 74.5 cm³/mol. The van der Waals surface area contributed by atoms with Crippen LogP contribution in [0, 0.1) is 13.8 Å². The van der Waals surface area contributed by atoms with E-state index in [9.17, 15) is 9.59 Å². The third-order valence-electron chi connectivity index (χ3n) is 2.65. The number of thiazole rings is 1. The molecule has 1 aromatic heterocycles. The lowest BCUT2D eigenvalue weighted by Crippen LogP contribution is -2.13. The Morgan fingerprint density at radius 1 is 1.21 bits per heavy atom. The Morgan fingerprint density at radius 3 is 2.32 bits per heavy atom. The van der Waals surface area contributed by atoms with Gasteiger partial charge in [0.2, 0.25) is 5.91 Å². The first-order valence-electron chi connectivity index (χ1n) is 5.62. The summed E-state index contributed by atoms with van der Waals surface area (Å²) in [4.78, 5) is 28.1. The number of carbonyl (C=O) groups excluding carboxylic acids is 2. The standard InChI is InChI=1S/C13H13N3O2S/c1-7-8(2)19-13(15-7)12(18)16-10-5-3-9(4-6-10)11(14)17/h3-6H,1-2H3,(H2,14,17)(H,16,18). The van der Waals surface area contributed by atoms with Gasteiger partial charge < -0.3 is 11.1 Å². The van der Waals surface area contributed by atoms with Crippen molar-refractivity contribution in [3.8, 4) is 0 Å². The largest absolute Gasteiger partial charge is 0.366 e. The highest BCUT2D eigenvalue weighted by molar-refractivity contribution is 7.13. The summed E-state index contributed by atoms with van der Waals surface area (Å²) in [6.45, 7) is 3.79. The minimum Gasteiger partial charge on any atom is -0.366 e. The maximum absolute atomic E-state index is 11.9. The molecule has 6 heteroatoms. The number of hydrogen-bond acceptors (Lipinski definition) is 4. The monoisotopic (exact) mass is 275 g/mol. The number of aryl methyl sites for hydroxylation is 2. The van der Waals surface area contributed by atoms with Crippen LogP contribution in [0.2, 0.25) is 0 Å². The summed E-state index contributed by atoms with van der Waals surface area (Å²) in [5, 5.41) is 3.15. The van der Waals surface area contributed by atoms with Crippen LogP contribution in [0.25, 0.3) is 0 Å². The quantitative estimate of drug-likeness (QED) is 0.899. The number of benzene rings is 1. The molecule has 0 saturated carbocycles. The first kappa shape index (κ1) is 13.2. The minimum absolute atomic E-state index is 0.256. The lowest BCUT2D eigenvalue weighted by atomic mass is 10.2. The van der Waals surface area contributed by atoms with Crippen molar-refractivity contribution in [2.45, 2.75) is 13.8 Å². The summed E-state index contributed by atoms with van der Waals surface area (Å²) >= 11 is 1.35. The molecule has 0 saturated heterocycles. The molecule has 0 fully saturated rings. The second-order valence-corrected chi connectivity index (χ2v) is 5.26. The number of hydrogen-bond donors (Lipinski definition) is 2. The Balaban J connectivity index is 2.12. The number of amides is 2. The van der Waals surface area contributed by atoms with Crippen molar-refractivity contribution in [2.75, 3.05) is 5.32 Å². The Kier molecular flexibility index (Phi) is 3.62. The molecule has 5 nitrogen and oxygen atoms in total. The van der Waals surface area contributed by atoms with E-state index in [1.54, 1.807) is 24.3 Å². The Bertz CT molecular complexity index is 612. The third kappa shape index (κ3) is 2.97. The number of aromatic nitrogens is 1. The average molecular weight is 275 g/mol. The molecule has 1 heterocycles. The maximum atomic E-state index is 11.9. The lowest BCUT2D eigenvalue weighted by Gasteiger charge is -2.03. The average Bonchev–Trinajstić information content (AvgIpc) is 2.70. The van der Waals surface area contributed by atoms with Gasteiger partial charge in [0.25, 0.3) is 5.91 Å². The zero-order valence-electron chi connectivity index (χ0n) is 10.6. The second kappa shape index (κ2) is 5.19. The molecule has 0 bridgehead atoms. The van der Waals surface area contributed by atoms with Crippen LogP contribution in [0.5, 0.6) is 0 Å². The number of nitrogens with one attached hydrogen (secondary N) is 1. The Morgan fingerprint density at radius 2 is 1.84 bits per heavy atom. The van der Waals surface area contributed by atoms with Gasteiger partial charge in [-0.3, -0.25) is 9.59 Å². The van der Waals surface area contributed by atoms with Crippen LogP contribution in [-0.2, 0) is 0 Å². The molecule has 2 rings (SSSR count). The van der Waals surface area contributed by atoms with Gasteiger partial charge in [0.05, 0.1) is 5.69 Å². The molecule has 1 aromatic carbocycles. The van der Waals surface area contributed by atoms with Crippen molar-refractivity contribution < 1.29 is 9.59 Å². The number of rotatable bonds is 3. The van der Waals surface area contributed by atoms with Crippen molar-refractivity contribution >= 4 is 28.8 Å². The zero-order valence-corrected chi connectivity index (χ0v) is 11.4. The van der Waals surface area contributed by atoms with Crippen molar-refractivity contribution in [3.05, 3.63) is 45.4 Å². The van der Waals surface area contributed by atoms with Crippen LogP contribution in [0.1, 0.15) is 30.7 Å². The SMILES string of the molecule is Cc1nc(C(=O)Nc2ccc(C(N)=O)cc2)sc1C. The number of nitrogens with zero attached hydrogens (tertiary/aromatic N) is 1. The number of anilines is 1. The molecule has 98 valence electrons. The van der Waals surface area contributed by atoms with Crippen molar-refractivity contribution in [1.29, 1.82) is 0 Å². The highest BCUT2D eigenvalue weighted by atomic mass is 32.1. The van der Waals surface area contributed by atoms with Crippen LogP contribution in [0.4, 0.5) is 5.69 Å². The Labute approximate surface area is 114 Å². The molecular weight excluding hydrogens is 262 g/mol. The van der Waals surface area contributed by atoms with E-state index in [1.807, 2.05) is 13.8 Å². The van der Waals surface area contributed by atoms with Gasteiger partial charge in [-0.2, -0.15) is 0 Å². The third-order valence-corrected chi connectivity index (χ3v) is 3.72. The second-order valence-electron chi connectivity index (χ2n) is 4.06. The van der Waals surface area contributed by atoms with Crippen LogP contribution < -0.4 is 11.1 Å². The van der Waals surface area contributed by atoms with E-state index < -0.39 is 5.91 Å². The smallest absolute Gasteiger partial charge is 0.284 e. The van der Waals surface area contributed by atoms with Gasteiger partial charge in [-0.15, -0.1) is 11.3 Å². The molecule has 3 N–H and O–H groups in total. The van der Waals surface area contributed by atoms with Crippen LogP contribution >= 0.6 is 11.3 Å². The van der Waals surface area contributed by atoms with Gasteiger partial charge in [-0.25, -0.2) is 4.98 Å². The minimum atomic E-state index is -0.496. The van der Waals surface area contributed by atoms with Crippen LogP contribution in [-0.4, -0.2) is 16.8 Å². The number of carbonyl (C=O) groups is 2. The van der Waals surface area contributed by atoms with Crippen molar-refractivity contribution in [1.82, 2.24) is 4.98 Å². The zero-order chi connectivity index (χ0) is 14.0. The lowest BCUT2D eigenvalue weighted by molar-refractivity contribution is 0.0998. The molecular formula is C13H13N3O2S. The van der Waals surface area contributed by atoms with E-state index in [2.05, 4.69) is 10.3 Å². The predicted octanol–water partition coefficient (Wildman–Crippen LogP) is 2.11. The van der Waals surface area contributed by atoms with E-state index in [1.165, 1.54) is 11.3 Å². The molecule has 0 radical (unpaired) electrons. The van der Waals surface area contributed by atoms with Crippen LogP contribution in [0.15, 0.2) is 24.3 Å². The van der Waals surface area contributed by atoms with E-state index >= 15 is 0 Å². The van der Waals surface area contributed by atoms with Crippen LogP contribution in [0.3, 0.4) is 0 Å².